The van der Waals surface area contributed by atoms with Crippen LogP contribution in [0.4, 0.5) is 5.82 Å². The molecule has 110 valence electrons. The first-order valence-corrected chi connectivity index (χ1v) is 7.79. The summed E-state index contributed by atoms with van der Waals surface area (Å²) in [5, 5.41) is 0. The SMILES string of the molecule is CC(C)(C)C1CCCN(c2ccc(C(N)=S)cn2)CC1. The molecular weight excluding hydrogens is 266 g/mol. The lowest BCUT2D eigenvalue weighted by Gasteiger charge is -2.29. The van der Waals surface area contributed by atoms with E-state index in [1.54, 1.807) is 6.20 Å². The zero-order chi connectivity index (χ0) is 14.8. The second-order valence-corrected chi connectivity index (χ2v) is 7.19. The second-order valence-electron chi connectivity index (χ2n) is 6.75. The molecule has 0 aromatic carbocycles. The lowest BCUT2D eigenvalue weighted by Crippen LogP contribution is -2.26. The van der Waals surface area contributed by atoms with Crippen molar-refractivity contribution < 1.29 is 0 Å². The van der Waals surface area contributed by atoms with Crippen molar-refractivity contribution in [2.24, 2.45) is 17.1 Å². The molecule has 3 nitrogen and oxygen atoms in total. The number of pyridine rings is 1. The molecule has 1 aliphatic rings. The van der Waals surface area contributed by atoms with Gasteiger partial charge in [0.05, 0.1) is 0 Å². The zero-order valence-electron chi connectivity index (χ0n) is 12.7. The van der Waals surface area contributed by atoms with Gasteiger partial charge in [0.2, 0.25) is 0 Å². The van der Waals surface area contributed by atoms with Crippen molar-refractivity contribution in [3.8, 4) is 0 Å². The Kier molecular flexibility index (Phi) is 4.63. The van der Waals surface area contributed by atoms with Gasteiger partial charge in [0, 0.05) is 24.8 Å². The fraction of sp³-hybridized carbons (Fsp3) is 0.625. The van der Waals surface area contributed by atoms with E-state index in [0.717, 1.165) is 30.4 Å². The van der Waals surface area contributed by atoms with Crippen LogP contribution >= 0.6 is 12.2 Å². The van der Waals surface area contributed by atoms with Crippen molar-refractivity contribution in [3.05, 3.63) is 23.9 Å². The molecule has 1 aromatic heterocycles. The maximum Gasteiger partial charge on any atom is 0.128 e. The molecule has 1 saturated heterocycles. The van der Waals surface area contributed by atoms with Crippen molar-refractivity contribution in [2.75, 3.05) is 18.0 Å². The summed E-state index contributed by atoms with van der Waals surface area (Å²) in [7, 11) is 0. The Labute approximate surface area is 127 Å². The largest absolute Gasteiger partial charge is 0.389 e. The van der Waals surface area contributed by atoms with Crippen molar-refractivity contribution in [2.45, 2.75) is 40.0 Å². The number of nitrogens with zero attached hydrogens (tertiary/aromatic N) is 2. The Morgan fingerprint density at radius 3 is 2.60 bits per heavy atom. The van der Waals surface area contributed by atoms with Crippen LogP contribution in [0.25, 0.3) is 0 Å². The molecule has 0 radical (unpaired) electrons. The third-order valence-electron chi connectivity index (χ3n) is 4.31. The predicted molar refractivity (Wildman–Crippen MR) is 89.1 cm³/mol. The van der Waals surface area contributed by atoms with Crippen LogP contribution in [0.3, 0.4) is 0 Å². The molecule has 4 heteroatoms. The van der Waals surface area contributed by atoms with E-state index in [9.17, 15) is 0 Å². The van der Waals surface area contributed by atoms with Crippen LogP contribution in [0, 0.1) is 11.3 Å². The minimum absolute atomic E-state index is 0.402. The average molecular weight is 291 g/mol. The van der Waals surface area contributed by atoms with Gasteiger partial charge in [0.1, 0.15) is 10.8 Å². The van der Waals surface area contributed by atoms with Gasteiger partial charge in [-0.05, 0) is 42.7 Å². The quantitative estimate of drug-likeness (QED) is 0.848. The van der Waals surface area contributed by atoms with Gasteiger partial charge >= 0.3 is 0 Å². The number of nitrogens with two attached hydrogens (primary N) is 1. The second kappa shape index (κ2) is 6.08. The number of rotatable bonds is 2. The summed E-state index contributed by atoms with van der Waals surface area (Å²) in [6.45, 7) is 9.22. The minimum atomic E-state index is 0.402. The maximum atomic E-state index is 5.61. The Hall–Kier alpha value is -1.16. The molecule has 2 heterocycles. The third kappa shape index (κ3) is 3.69. The molecule has 0 aliphatic carbocycles. The molecule has 20 heavy (non-hydrogen) atoms. The highest BCUT2D eigenvalue weighted by atomic mass is 32.1. The molecule has 1 aliphatic heterocycles. The summed E-state index contributed by atoms with van der Waals surface area (Å²) in [6.07, 6.45) is 5.57. The third-order valence-corrected chi connectivity index (χ3v) is 4.54. The Morgan fingerprint density at radius 2 is 2.05 bits per heavy atom. The maximum absolute atomic E-state index is 5.61. The number of aromatic nitrogens is 1. The van der Waals surface area contributed by atoms with Crippen molar-refractivity contribution in [1.82, 2.24) is 4.98 Å². The monoisotopic (exact) mass is 291 g/mol. The Balaban J connectivity index is 2.05. The summed E-state index contributed by atoms with van der Waals surface area (Å²) in [5.74, 6) is 1.84. The van der Waals surface area contributed by atoms with E-state index in [0.29, 0.717) is 10.4 Å². The van der Waals surface area contributed by atoms with E-state index < -0.39 is 0 Å². The molecule has 0 saturated carbocycles. The highest BCUT2D eigenvalue weighted by Gasteiger charge is 2.27. The van der Waals surface area contributed by atoms with E-state index in [1.165, 1.54) is 19.3 Å². The van der Waals surface area contributed by atoms with Crippen molar-refractivity contribution in [1.29, 1.82) is 0 Å². The molecule has 1 unspecified atom stereocenters. The standard InChI is InChI=1S/C16H25N3S/c1-16(2,3)13-5-4-9-19(10-8-13)14-7-6-12(11-18-14)15(17)20/h6-7,11,13H,4-5,8-10H2,1-3H3,(H2,17,20). The lowest BCUT2D eigenvalue weighted by molar-refractivity contribution is 0.220. The Morgan fingerprint density at radius 1 is 1.30 bits per heavy atom. The minimum Gasteiger partial charge on any atom is -0.389 e. The number of anilines is 1. The van der Waals surface area contributed by atoms with Gasteiger partial charge in [-0.15, -0.1) is 0 Å². The van der Waals surface area contributed by atoms with Gasteiger partial charge in [-0.25, -0.2) is 4.98 Å². The number of hydrogen-bond acceptors (Lipinski definition) is 3. The molecule has 0 bridgehead atoms. The van der Waals surface area contributed by atoms with Crippen molar-refractivity contribution in [3.63, 3.8) is 0 Å². The highest BCUT2D eigenvalue weighted by Crippen LogP contribution is 2.34. The van der Waals surface area contributed by atoms with Gasteiger partial charge in [-0.2, -0.15) is 0 Å². The zero-order valence-corrected chi connectivity index (χ0v) is 13.5. The molecule has 1 atom stereocenters. The van der Waals surface area contributed by atoms with E-state index in [2.05, 4.69) is 30.7 Å². The number of thiocarbonyl (C=S) groups is 1. The smallest absolute Gasteiger partial charge is 0.128 e. The number of hydrogen-bond donors (Lipinski definition) is 1. The van der Waals surface area contributed by atoms with Gasteiger partial charge in [-0.1, -0.05) is 33.0 Å². The molecule has 0 amide bonds. The summed E-state index contributed by atoms with van der Waals surface area (Å²) < 4.78 is 0. The van der Waals surface area contributed by atoms with E-state index in [-0.39, 0.29) is 0 Å². The summed E-state index contributed by atoms with van der Waals surface area (Å²) in [5.41, 5.74) is 6.85. The molecule has 0 spiro atoms. The molecular formula is C16H25N3S. The Bertz CT molecular complexity index is 462. The van der Waals surface area contributed by atoms with Gasteiger partial charge < -0.3 is 10.6 Å². The topological polar surface area (TPSA) is 42.1 Å². The first-order valence-electron chi connectivity index (χ1n) is 7.39. The first kappa shape index (κ1) is 15.2. The normalized spacial score (nSPS) is 20.6. The van der Waals surface area contributed by atoms with Crippen LogP contribution in [-0.4, -0.2) is 23.1 Å². The first-order chi connectivity index (χ1) is 9.38. The van der Waals surface area contributed by atoms with Crippen LogP contribution in [0.2, 0.25) is 0 Å². The lowest BCUT2D eigenvalue weighted by atomic mass is 9.77. The van der Waals surface area contributed by atoms with Crippen LogP contribution < -0.4 is 10.6 Å². The fourth-order valence-corrected chi connectivity index (χ4v) is 3.03. The molecule has 2 N–H and O–H groups in total. The van der Waals surface area contributed by atoms with E-state index >= 15 is 0 Å². The summed E-state index contributed by atoms with van der Waals surface area (Å²) >= 11 is 4.96. The fourth-order valence-electron chi connectivity index (χ4n) is 2.91. The van der Waals surface area contributed by atoms with E-state index in [1.807, 2.05) is 12.1 Å². The van der Waals surface area contributed by atoms with E-state index in [4.69, 9.17) is 18.0 Å². The van der Waals surface area contributed by atoms with Gasteiger partial charge in [-0.3, -0.25) is 0 Å². The van der Waals surface area contributed by atoms with Gasteiger partial charge in [0.15, 0.2) is 0 Å². The highest BCUT2D eigenvalue weighted by molar-refractivity contribution is 7.80. The molecule has 2 rings (SSSR count). The van der Waals surface area contributed by atoms with Crippen LogP contribution in [0.1, 0.15) is 45.6 Å². The predicted octanol–water partition coefficient (Wildman–Crippen LogP) is 3.37. The van der Waals surface area contributed by atoms with Crippen molar-refractivity contribution >= 4 is 23.0 Å². The molecule has 1 fully saturated rings. The summed E-state index contributed by atoms with van der Waals surface area (Å²) in [4.78, 5) is 7.30. The van der Waals surface area contributed by atoms with Crippen LogP contribution in [0.15, 0.2) is 18.3 Å². The summed E-state index contributed by atoms with van der Waals surface area (Å²) in [6, 6.07) is 4.00. The van der Waals surface area contributed by atoms with Crippen LogP contribution in [0.5, 0.6) is 0 Å². The average Bonchev–Trinajstić information content (AvgIpc) is 2.64. The van der Waals surface area contributed by atoms with Gasteiger partial charge in [0.25, 0.3) is 0 Å². The van der Waals surface area contributed by atoms with Crippen LogP contribution in [-0.2, 0) is 0 Å². The molecule has 1 aromatic rings.